The minimum atomic E-state index is -0.157. The average Bonchev–Trinajstić information content (AvgIpc) is 2.22. The van der Waals surface area contributed by atoms with E-state index in [1.54, 1.807) is 36.4 Å². The summed E-state index contributed by atoms with van der Waals surface area (Å²) in [6.07, 6.45) is 6.80. The number of allylic oxidation sites excluding steroid dienone is 3. The Morgan fingerprint density at radius 1 is 1.27 bits per heavy atom. The lowest BCUT2D eigenvalue weighted by atomic mass is 10.3. The van der Waals surface area contributed by atoms with Crippen molar-refractivity contribution in [2.75, 3.05) is 5.32 Å². The number of hydrogen-bond acceptors (Lipinski definition) is 1. The second kappa shape index (κ2) is 6.04. The molecular weight excluding hydrogens is 210 g/mol. The van der Waals surface area contributed by atoms with E-state index in [1.807, 2.05) is 13.0 Å². The maximum absolute atomic E-state index is 11.3. The van der Waals surface area contributed by atoms with Gasteiger partial charge in [-0.05, 0) is 31.2 Å². The van der Waals surface area contributed by atoms with E-state index < -0.39 is 0 Å². The van der Waals surface area contributed by atoms with Crippen molar-refractivity contribution >= 4 is 23.2 Å². The Labute approximate surface area is 94.3 Å². The Kier molecular flexibility index (Phi) is 4.64. The molecule has 0 bridgehead atoms. The van der Waals surface area contributed by atoms with Crippen LogP contribution in [0.1, 0.15) is 6.92 Å². The Bertz CT molecular complexity index is 379. The third-order valence-corrected chi connectivity index (χ3v) is 1.91. The van der Waals surface area contributed by atoms with Gasteiger partial charge in [-0.1, -0.05) is 29.8 Å². The van der Waals surface area contributed by atoms with Crippen molar-refractivity contribution in [1.29, 1.82) is 0 Å². The third kappa shape index (κ3) is 4.47. The van der Waals surface area contributed by atoms with Crippen LogP contribution in [0.4, 0.5) is 5.69 Å². The Hall–Kier alpha value is -1.54. The zero-order valence-corrected chi connectivity index (χ0v) is 9.16. The molecule has 0 atom stereocenters. The molecule has 0 saturated carbocycles. The van der Waals surface area contributed by atoms with Crippen molar-refractivity contribution in [3.8, 4) is 0 Å². The summed E-state index contributed by atoms with van der Waals surface area (Å²) in [6, 6.07) is 6.97. The first-order chi connectivity index (χ1) is 7.22. The van der Waals surface area contributed by atoms with E-state index >= 15 is 0 Å². The van der Waals surface area contributed by atoms with Gasteiger partial charge in [-0.3, -0.25) is 4.79 Å². The standard InChI is InChI=1S/C12H12ClNO/c1-2-3-4-5-12(15)14-11-8-6-10(13)7-9-11/h2-9H,1H3,(H,14,15)/b3-2+,5-4+. The fraction of sp³-hybridized carbons (Fsp3) is 0.0833. The highest BCUT2D eigenvalue weighted by Gasteiger charge is 1.96. The zero-order chi connectivity index (χ0) is 11.1. The molecule has 1 N–H and O–H groups in total. The summed E-state index contributed by atoms with van der Waals surface area (Å²) in [6.45, 7) is 1.89. The molecule has 0 heterocycles. The normalized spacial score (nSPS) is 11.1. The van der Waals surface area contributed by atoms with Gasteiger partial charge in [0, 0.05) is 16.8 Å². The van der Waals surface area contributed by atoms with E-state index in [-0.39, 0.29) is 5.91 Å². The minimum Gasteiger partial charge on any atom is -0.323 e. The van der Waals surface area contributed by atoms with E-state index in [1.165, 1.54) is 6.08 Å². The van der Waals surface area contributed by atoms with Gasteiger partial charge in [0.1, 0.15) is 0 Å². The Balaban J connectivity index is 2.55. The second-order valence-electron chi connectivity index (χ2n) is 2.88. The zero-order valence-electron chi connectivity index (χ0n) is 8.41. The minimum absolute atomic E-state index is 0.157. The SMILES string of the molecule is C/C=C/C=C/C(=O)Nc1ccc(Cl)cc1. The van der Waals surface area contributed by atoms with Crippen molar-refractivity contribution in [3.63, 3.8) is 0 Å². The van der Waals surface area contributed by atoms with Crippen LogP contribution in [0.3, 0.4) is 0 Å². The first-order valence-electron chi connectivity index (χ1n) is 4.58. The van der Waals surface area contributed by atoms with Crippen LogP contribution < -0.4 is 5.32 Å². The van der Waals surface area contributed by atoms with Crippen molar-refractivity contribution < 1.29 is 4.79 Å². The topological polar surface area (TPSA) is 29.1 Å². The smallest absolute Gasteiger partial charge is 0.248 e. The van der Waals surface area contributed by atoms with Gasteiger partial charge in [0.15, 0.2) is 0 Å². The molecule has 1 rings (SSSR count). The number of hydrogen-bond donors (Lipinski definition) is 1. The molecular formula is C12H12ClNO. The van der Waals surface area contributed by atoms with Gasteiger partial charge in [0.05, 0.1) is 0 Å². The lowest BCUT2D eigenvalue weighted by Gasteiger charge is -2.00. The van der Waals surface area contributed by atoms with Gasteiger partial charge in [0.2, 0.25) is 5.91 Å². The summed E-state index contributed by atoms with van der Waals surface area (Å²) in [7, 11) is 0. The van der Waals surface area contributed by atoms with Crippen LogP contribution in [0.15, 0.2) is 48.6 Å². The molecule has 78 valence electrons. The number of halogens is 1. The van der Waals surface area contributed by atoms with Gasteiger partial charge in [-0.2, -0.15) is 0 Å². The molecule has 0 aromatic heterocycles. The number of benzene rings is 1. The lowest BCUT2D eigenvalue weighted by molar-refractivity contribution is -0.111. The number of rotatable bonds is 3. The fourth-order valence-corrected chi connectivity index (χ4v) is 1.10. The molecule has 0 aliphatic rings. The largest absolute Gasteiger partial charge is 0.323 e. The molecule has 0 unspecified atom stereocenters. The van der Waals surface area contributed by atoms with Gasteiger partial charge in [0.25, 0.3) is 0 Å². The predicted octanol–water partition coefficient (Wildman–Crippen LogP) is 3.41. The highest BCUT2D eigenvalue weighted by molar-refractivity contribution is 6.30. The van der Waals surface area contributed by atoms with Crippen molar-refractivity contribution in [3.05, 3.63) is 53.6 Å². The molecule has 3 heteroatoms. The summed E-state index contributed by atoms with van der Waals surface area (Å²) in [5.74, 6) is -0.157. The molecule has 1 aromatic rings. The summed E-state index contributed by atoms with van der Waals surface area (Å²) < 4.78 is 0. The molecule has 15 heavy (non-hydrogen) atoms. The molecule has 1 aromatic carbocycles. The van der Waals surface area contributed by atoms with Gasteiger partial charge in [-0.15, -0.1) is 0 Å². The van der Waals surface area contributed by atoms with E-state index in [0.29, 0.717) is 5.02 Å². The molecule has 0 spiro atoms. The van der Waals surface area contributed by atoms with E-state index in [9.17, 15) is 4.79 Å². The maximum atomic E-state index is 11.3. The maximum Gasteiger partial charge on any atom is 0.248 e. The van der Waals surface area contributed by atoms with E-state index in [2.05, 4.69) is 5.32 Å². The van der Waals surface area contributed by atoms with Crippen molar-refractivity contribution in [2.24, 2.45) is 0 Å². The summed E-state index contributed by atoms with van der Waals surface area (Å²) in [5, 5.41) is 3.36. The monoisotopic (exact) mass is 221 g/mol. The van der Waals surface area contributed by atoms with Gasteiger partial charge in [-0.25, -0.2) is 0 Å². The van der Waals surface area contributed by atoms with Gasteiger partial charge < -0.3 is 5.32 Å². The molecule has 0 fully saturated rings. The van der Waals surface area contributed by atoms with Crippen molar-refractivity contribution in [1.82, 2.24) is 0 Å². The quantitative estimate of drug-likeness (QED) is 0.615. The second-order valence-corrected chi connectivity index (χ2v) is 3.32. The highest BCUT2D eigenvalue weighted by atomic mass is 35.5. The Morgan fingerprint density at radius 2 is 1.93 bits per heavy atom. The van der Waals surface area contributed by atoms with Crippen LogP contribution >= 0.6 is 11.6 Å². The van der Waals surface area contributed by atoms with Crippen LogP contribution in [0.2, 0.25) is 5.02 Å². The molecule has 1 amide bonds. The summed E-state index contributed by atoms with van der Waals surface area (Å²) in [5.41, 5.74) is 0.731. The molecule has 2 nitrogen and oxygen atoms in total. The van der Waals surface area contributed by atoms with E-state index in [0.717, 1.165) is 5.69 Å². The van der Waals surface area contributed by atoms with Crippen LogP contribution in [-0.4, -0.2) is 5.91 Å². The van der Waals surface area contributed by atoms with Crippen LogP contribution in [0.5, 0.6) is 0 Å². The number of anilines is 1. The average molecular weight is 222 g/mol. The van der Waals surface area contributed by atoms with E-state index in [4.69, 9.17) is 11.6 Å². The van der Waals surface area contributed by atoms with Crippen LogP contribution in [-0.2, 0) is 4.79 Å². The third-order valence-electron chi connectivity index (χ3n) is 1.66. The molecule has 0 radical (unpaired) electrons. The summed E-state index contributed by atoms with van der Waals surface area (Å²) >= 11 is 5.71. The number of carbonyl (C=O) groups excluding carboxylic acids is 1. The number of nitrogens with one attached hydrogen (secondary N) is 1. The lowest BCUT2D eigenvalue weighted by Crippen LogP contribution is -2.07. The molecule has 0 aliphatic heterocycles. The molecule has 0 aliphatic carbocycles. The van der Waals surface area contributed by atoms with Gasteiger partial charge >= 0.3 is 0 Å². The molecule has 0 saturated heterocycles. The fourth-order valence-electron chi connectivity index (χ4n) is 0.971. The van der Waals surface area contributed by atoms with Crippen LogP contribution in [0.25, 0.3) is 0 Å². The van der Waals surface area contributed by atoms with Crippen molar-refractivity contribution in [2.45, 2.75) is 6.92 Å². The summed E-state index contributed by atoms with van der Waals surface area (Å²) in [4.78, 5) is 11.3. The first kappa shape index (κ1) is 11.5. The number of amides is 1. The number of carbonyl (C=O) groups is 1. The predicted molar refractivity (Wildman–Crippen MR) is 64.0 cm³/mol. The highest BCUT2D eigenvalue weighted by Crippen LogP contribution is 2.13. The van der Waals surface area contributed by atoms with Crippen LogP contribution in [0, 0.1) is 0 Å². The first-order valence-corrected chi connectivity index (χ1v) is 4.96. The Morgan fingerprint density at radius 3 is 2.53 bits per heavy atom.